The molecule has 1 rings (SSSR count). The standard InChI is InChI=1S/C24H38N3O10P/c1-9-24(27(8)13-11-19(25)26-15-28)12-10-18(37-24)14-34-38(31,35-16-32-20(29)22(2,3)4)36-17-33-21(30)23(5,6)7/h1,11,13,15,18H,10,12,14,16-17H2,2-8H3,(H2,25,26,28)/b13-11-. The number of amidine groups is 1. The predicted molar refractivity (Wildman–Crippen MR) is 137 cm³/mol. The fourth-order valence-corrected chi connectivity index (χ4v) is 3.69. The first-order valence-corrected chi connectivity index (χ1v) is 13.2. The van der Waals surface area contributed by atoms with Crippen molar-refractivity contribution in [2.24, 2.45) is 21.6 Å². The molecule has 2 N–H and O–H groups in total. The number of nitrogens with two attached hydrogens (primary N) is 1. The second-order valence-corrected chi connectivity index (χ2v) is 12.1. The maximum absolute atomic E-state index is 13.2. The van der Waals surface area contributed by atoms with Crippen LogP contribution in [0.5, 0.6) is 0 Å². The van der Waals surface area contributed by atoms with Gasteiger partial charge in [0.2, 0.25) is 25.7 Å². The summed E-state index contributed by atoms with van der Waals surface area (Å²) in [5, 5.41) is 0. The van der Waals surface area contributed by atoms with Gasteiger partial charge in [0.05, 0.1) is 23.5 Å². The zero-order valence-electron chi connectivity index (χ0n) is 22.9. The van der Waals surface area contributed by atoms with E-state index in [1.807, 2.05) is 0 Å². The Hall–Kier alpha value is -2.75. The SMILES string of the molecule is C#CC1(N(C)/C=C\C(N)=NC=O)CCC(COP(=O)(OCOC(=O)C(C)(C)C)OCOC(=O)C(C)(C)C)O1. The lowest BCUT2D eigenvalue weighted by Crippen LogP contribution is -2.42. The number of esters is 2. The molecule has 214 valence electrons. The van der Waals surface area contributed by atoms with Crippen molar-refractivity contribution in [2.75, 3.05) is 27.2 Å². The molecule has 0 bridgehead atoms. The fourth-order valence-electron chi connectivity index (χ4n) is 2.76. The minimum Gasteiger partial charge on any atom is -0.437 e. The highest BCUT2D eigenvalue weighted by atomic mass is 31.2. The smallest absolute Gasteiger partial charge is 0.437 e. The van der Waals surface area contributed by atoms with Crippen LogP contribution >= 0.6 is 7.82 Å². The Morgan fingerprint density at radius 1 is 1.13 bits per heavy atom. The molecule has 1 saturated heterocycles. The normalized spacial score (nSPS) is 20.7. The maximum atomic E-state index is 13.2. The number of phosphoric acid groups is 1. The number of ether oxygens (including phenoxy) is 3. The number of hydrogen-bond acceptors (Lipinski definition) is 11. The molecule has 0 aromatic heterocycles. The van der Waals surface area contributed by atoms with Crippen molar-refractivity contribution in [1.29, 1.82) is 0 Å². The summed E-state index contributed by atoms with van der Waals surface area (Å²) in [6.45, 7) is 8.11. The summed E-state index contributed by atoms with van der Waals surface area (Å²) in [5.41, 5.74) is 2.75. The van der Waals surface area contributed by atoms with Crippen LogP contribution in [0.25, 0.3) is 0 Å². The van der Waals surface area contributed by atoms with E-state index in [4.69, 9.17) is 39.9 Å². The highest BCUT2D eigenvalue weighted by Crippen LogP contribution is 2.50. The first-order valence-electron chi connectivity index (χ1n) is 11.7. The quantitative estimate of drug-likeness (QED) is 0.0668. The number of hydrogen-bond donors (Lipinski definition) is 1. The van der Waals surface area contributed by atoms with Crippen LogP contribution in [0.3, 0.4) is 0 Å². The Morgan fingerprint density at radius 2 is 1.66 bits per heavy atom. The van der Waals surface area contributed by atoms with Gasteiger partial charge in [-0.2, -0.15) is 4.99 Å². The maximum Gasteiger partial charge on any atom is 0.480 e. The molecular formula is C24H38N3O10P. The third-order valence-electron chi connectivity index (χ3n) is 5.08. The van der Waals surface area contributed by atoms with E-state index in [0.29, 0.717) is 19.3 Å². The zero-order valence-corrected chi connectivity index (χ0v) is 23.8. The van der Waals surface area contributed by atoms with Crippen LogP contribution in [0.1, 0.15) is 54.4 Å². The Labute approximate surface area is 223 Å². The molecule has 1 amide bonds. The van der Waals surface area contributed by atoms with Crippen molar-refractivity contribution >= 4 is 32.0 Å². The van der Waals surface area contributed by atoms with Gasteiger partial charge in [-0.25, -0.2) is 13.6 Å². The van der Waals surface area contributed by atoms with Crippen LogP contribution in [0.15, 0.2) is 17.3 Å². The lowest BCUT2D eigenvalue weighted by atomic mass is 9.98. The third kappa shape index (κ3) is 10.6. The molecule has 1 aliphatic rings. The zero-order chi connectivity index (χ0) is 29.2. The number of aliphatic imine (C=N–C) groups is 1. The van der Waals surface area contributed by atoms with Gasteiger partial charge in [0.15, 0.2) is 0 Å². The summed E-state index contributed by atoms with van der Waals surface area (Å²) in [5.74, 6) is 1.36. The Bertz CT molecular complexity index is 957. The van der Waals surface area contributed by atoms with Crippen molar-refractivity contribution < 1.29 is 46.7 Å². The molecule has 38 heavy (non-hydrogen) atoms. The summed E-state index contributed by atoms with van der Waals surface area (Å²) in [6, 6.07) is 0. The molecule has 0 radical (unpaired) electrons. The van der Waals surface area contributed by atoms with Gasteiger partial charge < -0.3 is 24.8 Å². The second-order valence-electron chi connectivity index (χ2n) is 10.4. The van der Waals surface area contributed by atoms with Crippen LogP contribution in [0, 0.1) is 23.2 Å². The number of nitrogens with zero attached hydrogens (tertiary/aromatic N) is 2. The topological polar surface area (TPSA) is 165 Å². The molecule has 0 aliphatic carbocycles. The summed E-state index contributed by atoms with van der Waals surface area (Å²) < 4.78 is 44.9. The van der Waals surface area contributed by atoms with Crippen molar-refractivity contribution in [1.82, 2.24) is 4.90 Å². The Morgan fingerprint density at radius 3 is 2.11 bits per heavy atom. The summed E-state index contributed by atoms with van der Waals surface area (Å²) >= 11 is 0. The van der Waals surface area contributed by atoms with Crippen LogP contribution in [0.2, 0.25) is 0 Å². The average Bonchev–Trinajstić information content (AvgIpc) is 3.25. The fraction of sp³-hybridized carbons (Fsp3) is 0.667. The number of amides is 1. The molecule has 2 unspecified atom stereocenters. The first-order chi connectivity index (χ1) is 17.5. The highest BCUT2D eigenvalue weighted by molar-refractivity contribution is 7.48. The van der Waals surface area contributed by atoms with Gasteiger partial charge in [-0.05, 0) is 60.0 Å². The monoisotopic (exact) mass is 559 g/mol. The van der Waals surface area contributed by atoms with Gasteiger partial charge in [-0.15, -0.1) is 6.42 Å². The molecule has 1 fully saturated rings. The number of phosphoric ester groups is 1. The molecule has 0 spiro atoms. The molecular weight excluding hydrogens is 521 g/mol. The minimum atomic E-state index is -4.38. The number of terminal acetylenes is 1. The predicted octanol–water partition coefficient (Wildman–Crippen LogP) is 2.71. The van der Waals surface area contributed by atoms with Gasteiger partial charge >= 0.3 is 19.8 Å². The molecule has 13 nitrogen and oxygen atoms in total. The molecule has 0 aromatic carbocycles. The largest absolute Gasteiger partial charge is 0.480 e. The summed E-state index contributed by atoms with van der Waals surface area (Å²) in [6.07, 6.45) is 9.10. The van der Waals surface area contributed by atoms with Gasteiger partial charge in [-0.3, -0.25) is 18.9 Å². The van der Waals surface area contributed by atoms with E-state index in [0.717, 1.165) is 0 Å². The Kier molecular flexibility index (Phi) is 12.1. The molecule has 2 atom stereocenters. The van der Waals surface area contributed by atoms with Gasteiger partial charge in [0.25, 0.3) is 0 Å². The molecule has 0 saturated carbocycles. The number of rotatable bonds is 13. The average molecular weight is 560 g/mol. The summed E-state index contributed by atoms with van der Waals surface area (Å²) in [4.78, 5) is 39.4. The highest BCUT2D eigenvalue weighted by Gasteiger charge is 2.43. The van der Waals surface area contributed by atoms with Gasteiger partial charge in [-0.1, -0.05) is 0 Å². The van der Waals surface area contributed by atoms with E-state index in [1.54, 1.807) is 53.5 Å². The van der Waals surface area contributed by atoms with Crippen molar-refractivity contribution in [2.45, 2.75) is 66.2 Å². The minimum absolute atomic E-state index is 0.0218. The van der Waals surface area contributed by atoms with E-state index in [9.17, 15) is 18.9 Å². The van der Waals surface area contributed by atoms with Crippen LogP contribution in [-0.2, 0) is 46.7 Å². The van der Waals surface area contributed by atoms with Gasteiger partial charge in [0.1, 0.15) is 5.84 Å². The van der Waals surface area contributed by atoms with Gasteiger partial charge in [0, 0.05) is 19.7 Å². The second kappa shape index (κ2) is 13.9. The summed E-state index contributed by atoms with van der Waals surface area (Å²) in [7, 11) is -2.72. The van der Waals surface area contributed by atoms with E-state index < -0.39 is 56.0 Å². The van der Waals surface area contributed by atoms with E-state index in [1.165, 1.54) is 12.3 Å². The lowest BCUT2D eigenvalue weighted by molar-refractivity contribution is -0.164. The molecule has 1 aliphatic heterocycles. The van der Waals surface area contributed by atoms with Crippen molar-refractivity contribution in [3.05, 3.63) is 12.3 Å². The Balaban J connectivity index is 2.86. The van der Waals surface area contributed by atoms with Crippen LogP contribution < -0.4 is 5.73 Å². The van der Waals surface area contributed by atoms with Crippen molar-refractivity contribution in [3.63, 3.8) is 0 Å². The van der Waals surface area contributed by atoms with E-state index >= 15 is 0 Å². The van der Waals surface area contributed by atoms with E-state index in [2.05, 4.69) is 10.9 Å². The molecule has 14 heteroatoms. The van der Waals surface area contributed by atoms with E-state index in [-0.39, 0.29) is 12.4 Å². The van der Waals surface area contributed by atoms with Crippen LogP contribution in [-0.4, -0.2) is 68.2 Å². The lowest BCUT2D eigenvalue weighted by Gasteiger charge is -2.33. The number of carbonyl (C=O) groups is 3. The van der Waals surface area contributed by atoms with Crippen molar-refractivity contribution in [3.8, 4) is 12.3 Å². The number of carbonyl (C=O) groups excluding carboxylic acids is 3. The first kappa shape index (κ1) is 33.3. The van der Waals surface area contributed by atoms with Crippen LogP contribution in [0.4, 0.5) is 0 Å². The molecule has 1 heterocycles. The molecule has 0 aromatic rings. The third-order valence-corrected chi connectivity index (χ3v) is 6.39.